The van der Waals surface area contributed by atoms with E-state index in [9.17, 15) is 9.59 Å². The summed E-state index contributed by atoms with van der Waals surface area (Å²) in [5.74, 6) is -1.45. The average Bonchev–Trinajstić information content (AvgIpc) is 2.45. The fourth-order valence-electron chi connectivity index (χ4n) is 1.95. The van der Waals surface area contributed by atoms with Crippen LogP contribution in [0, 0.1) is 6.92 Å². The number of benzene rings is 1. The molecule has 1 aromatic heterocycles. The molecule has 0 saturated carbocycles. The standard InChI is InChI=1S/C15H15N3O3/c1-9-6-11(2-3-13(9)14(16)19)18-8-12-7-10(15(20)21)4-5-17-12/h2-7,18H,8H2,1H3,(H2,16,19)(H,20,21). The lowest BCUT2D eigenvalue weighted by atomic mass is 10.1. The van der Waals surface area contributed by atoms with Crippen molar-refractivity contribution in [2.75, 3.05) is 5.32 Å². The van der Waals surface area contributed by atoms with E-state index in [0.29, 0.717) is 17.8 Å². The highest BCUT2D eigenvalue weighted by Crippen LogP contribution is 2.15. The average molecular weight is 285 g/mol. The van der Waals surface area contributed by atoms with E-state index >= 15 is 0 Å². The molecule has 21 heavy (non-hydrogen) atoms. The first-order valence-corrected chi connectivity index (χ1v) is 6.30. The highest BCUT2D eigenvalue weighted by Gasteiger charge is 2.06. The molecule has 108 valence electrons. The maximum Gasteiger partial charge on any atom is 0.335 e. The fraction of sp³-hybridized carbons (Fsp3) is 0.133. The van der Waals surface area contributed by atoms with Gasteiger partial charge in [-0.05, 0) is 42.8 Å². The molecule has 0 atom stereocenters. The zero-order chi connectivity index (χ0) is 15.4. The number of nitrogens with zero attached hydrogens (tertiary/aromatic N) is 1. The van der Waals surface area contributed by atoms with E-state index < -0.39 is 11.9 Å². The summed E-state index contributed by atoms with van der Waals surface area (Å²) in [5, 5.41) is 12.0. The van der Waals surface area contributed by atoms with Crippen LogP contribution in [0.3, 0.4) is 0 Å². The molecule has 1 amide bonds. The van der Waals surface area contributed by atoms with E-state index in [1.807, 2.05) is 0 Å². The van der Waals surface area contributed by atoms with Crippen LogP contribution in [0.15, 0.2) is 36.5 Å². The summed E-state index contributed by atoms with van der Waals surface area (Å²) in [6, 6.07) is 8.16. The van der Waals surface area contributed by atoms with E-state index in [1.165, 1.54) is 18.3 Å². The van der Waals surface area contributed by atoms with Crippen molar-refractivity contribution in [3.63, 3.8) is 0 Å². The molecular formula is C15H15N3O3. The van der Waals surface area contributed by atoms with Crippen LogP contribution < -0.4 is 11.1 Å². The molecule has 0 aliphatic carbocycles. The summed E-state index contributed by atoms with van der Waals surface area (Å²) in [7, 11) is 0. The Balaban J connectivity index is 2.10. The predicted molar refractivity (Wildman–Crippen MR) is 78.2 cm³/mol. The molecule has 6 heteroatoms. The molecule has 0 spiro atoms. The quantitative estimate of drug-likeness (QED) is 0.776. The third-order valence-corrected chi connectivity index (χ3v) is 3.03. The van der Waals surface area contributed by atoms with Crippen LogP contribution in [0.5, 0.6) is 0 Å². The molecule has 0 aliphatic rings. The van der Waals surface area contributed by atoms with Crippen LogP contribution in [0.4, 0.5) is 5.69 Å². The Hall–Kier alpha value is -2.89. The zero-order valence-electron chi connectivity index (χ0n) is 11.5. The lowest BCUT2D eigenvalue weighted by Gasteiger charge is -2.09. The van der Waals surface area contributed by atoms with Gasteiger partial charge in [0.05, 0.1) is 17.8 Å². The number of nitrogens with one attached hydrogen (secondary N) is 1. The van der Waals surface area contributed by atoms with Gasteiger partial charge in [-0.1, -0.05) is 0 Å². The molecule has 0 radical (unpaired) electrons. The Morgan fingerprint density at radius 1 is 1.29 bits per heavy atom. The van der Waals surface area contributed by atoms with Gasteiger partial charge in [0.25, 0.3) is 0 Å². The Kier molecular flexibility index (Phi) is 4.18. The van der Waals surface area contributed by atoms with E-state index in [1.54, 1.807) is 25.1 Å². The lowest BCUT2D eigenvalue weighted by molar-refractivity contribution is 0.0696. The van der Waals surface area contributed by atoms with Gasteiger partial charge in [0, 0.05) is 17.4 Å². The Morgan fingerprint density at radius 3 is 2.67 bits per heavy atom. The van der Waals surface area contributed by atoms with Crippen molar-refractivity contribution in [1.29, 1.82) is 0 Å². The van der Waals surface area contributed by atoms with E-state index in [-0.39, 0.29) is 5.56 Å². The molecule has 2 rings (SSSR count). The van der Waals surface area contributed by atoms with E-state index in [2.05, 4.69) is 10.3 Å². The van der Waals surface area contributed by atoms with Crippen molar-refractivity contribution >= 4 is 17.6 Å². The minimum Gasteiger partial charge on any atom is -0.478 e. The second-order valence-corrected chi connectivity index (χ2v) is 4.59. The number of aromatic carboxylic acids is 1. The first kappa shape index (κ1) is 14.5. The van der Waals surface area contributed by atoms with Gasteiger partial charge in [0.2, 0.25) is 5.91 Å². The summed E-state index contributed by atoms with van der Waals surface area (Å²) >= 11 is 0. The SMILES string of the molecule is Cc1cc(NCc2cc(C(=O)O)ccn2)ccc1C(N)=O. The summed E-state index contributed by atoms with van der Waals surface area (Å²) in [6.07, 6.45) is 1.46. The summed E-state index contributed by atoms with van der Waals surface area (Å²) < 4.78 is 0. The molecule has 0 saturated heterocycles. The number of carboxylic acid groups (broad SMARTS) is 1. The van der Waals surface area contributed by atoms with E-state index in [0.717, 1.165) is 11.3 Å². The number of primary amides is 1. The van der Waals surface area contributed by atoms with Gasteiger partial charge in [-0.2, -0.15) is 0 Å². The van der Waals surface area contributed by atoms with Crippen molar-refractivity contribution in [3.05, 3.63) is 58.9 Å². The van der Waals surface area contributed by atoms with E-state index in [4.69, 9.17) is 10.8 Å². The Labute approximate surface area is 121 Å². The molecule has 1 heterocycles. The minimum atomic E-state index is -0.986. The van der Waals surface area contributed by atoms with Crippen LogP contribution in [-0.2, 0) is 6.54 Å². The van der Waals surface area contributed by atoms with Crippen molar-refractivity contribution in [2.45, 2.75) is 13.5 Å². The number of carboxylic acids is 1. The van der Waals surface area contributed by atoms with Gasteiger partial charge in [-0.25, -0.2) is 4.79 Å². The van der Waals surface area contributed by atoms with Crippen LogP contribution in [-0.4, -0.2) is 22.0 Å². The van der Waals surface area contributed by atoms with Crippen LogP contribution in [0.1, 0.15) is 32.0 Å². The molecule has 1 aromatic carbocycles. The molecule has 0 unspecified atom stereocenters. The lowest BCUT2D eigenvalue weighted by Crippen LogP contribution is -2.13. The van der Waals surface area contributed by atoms with Crippen molar-refractivity contribution in [3.8, 4) is 0 Å². The Morgan fingerprint density at radius 2 is 2.05 bits per heavy atom. The third kappa shape index (κ3) is 3.56. The molecule has 2 aromatic rings. The van der Waals surface area contributed by atoms with Gasteiger partial charge in [-0.3, -0.25) is 9.78 Å². The van der Waals surface area contributed by atoms with Crippen LogP contribution in [0.2, 0.25) is 0 Å². The number of hydrogen-bond donors (Lipinski definition) is 3. The molecule has 0 fully saturated rings. The van der Waals surface area contributed by atoms with Gasteiger partial charge in [0.1, 0.15) is 0 Å². The first-order chi connectivity index (χ1) is 9.97. The van der Waals surface area contributed by atoms with Crippen molar-refractivity contribution < 1.29 is 14.7 Å². The third-order valence-electron chi connectivity index (χ3n) is 3.03. The van der Waals surface area contributed by atoms with Crippen LogP contribution in [0.25, 0.3) is 0 Å². The number of carbonyl (C=O) groups is 2. The summed E-state index contributed by atoms with van der Waals surface area (Å²) in [4.78, 5) is 26.1. The number of carbonyl (C=O) groups excluding carboxylic acids is 1. The monoisotopic (exact) mass is 285 g/mol. The predicted octanol–water partition coefficient (Wildman–Crippen LogP) is 1.80. The number of rotatable bonds is 5. The highest BCUT2D eigenvalue weighted by molar-refractivity contribution is 5.94. The number of aryl methyl sites for hydroxylation is 1. The number of aromatic nitrogens is 1. The fourth-order valence-corrected chi connectivity index (χ4v) is 1.95. The first-order valence-electron chi connectivity index (χ1n) is 6.30. The van der Waals surface area contributed by atoms with Gasteiger partial charge in [0.15, 0.2) is 0 Å². The molecule has 0 bridgehead atoms. The molecule has 6 nitrogen and oxygen atoms in total. The number of hydrogen-bond acceptors (Lipinski definition) is 4. The van der Waals surface area contributed by atoms with Gasteiger partial charge >= 0.3 is 5.97 Å². The number of pyridine rings is 1. The topological polar surface area (TPSA) is 105 Å². The number of amides is 1. The van der Waals surface area contributed by atoms with Gasteiger partial charge < -0.3 is 16.2 Å². The number of anilines is 1. The second-order valence-electron chi connectivity index (χ2n) is 4.59. The minimum absolute atomic E-state index is 0.196. The second kappa shape index (κ2) is 6.04. The number of nitrogens with two attached hydrogens (primary N) is 1. The molecule has 0 aliphatic heterocycles. The van der Waals surface area contributed by atoms with Crippen molar-refractivity contribution in [1.82, 2.24) is 4.98 Å². The summed E-state index contributed by atoms with van der Waals surface area (Å²) in [5.41, 5.74) is 8.12. The summed E-state index contributed by atoms with van der Waals surface area (Å²) in [6.45, 7) is 2.19. The van der Waals surface area contributed by atoms with Gasteiger partial charge in [-0.15, -0.1) is 0 Å². The maximum atomic E-state index is 11.1. The van der Waals surface area contributed by atoms with Crippen LogP contribution >= 0.6 is 0 Å². The smallest absolute Gasteiger partial charge is 0.335 e. The zero-order valence-corrected chi connectivity index (χ0v) is 11.5. The molecular weight excluding hydrogens is 270 g/mol. The Bertz CT molecular complexity index is 698. The maximum absolute atomic E-state index is 11.1. The largest absolute Gasteiger partial charge is 0.478 e. The highest BCUT2D eigenvalue weighted by atomic mass is 16.4. The van der Waals surface area contributed by atoms with Crippen molar-refractivity contribution in [2.24, 2.45) is 5.73 Å². The molecule has 4 N–H and O–H groups in total. The normalized spacial score (nSPS) is 10.1.